The molecule has 1 aromatic rings. The number of benzene rings is 1. The molecule has 2 fully saturated rings. The van der Waals surface area contributed by atoms with E-state index in [-0.39, 0.29) is 24.5 Å². The number of nitrogens with one attached hydrogen (secondary N) is 1. The summed E-state index contributed by atoms with van der Waals surface area (Å²) in [5, 5.41) is 2.83. The average molecular weight is 387 g/mol. The summed E-state index contributed by atoms with van der Waals surface area (Å²) in [5.74, 6) is 1.44. The van der Waals surface area contributed by atoms with Gasteiger partial charge in [0.25, 0.3) is 0 Å². The van der Waals surface area contributed by atoms with Gasteiger partial charge in [0, 0.05) is 32.4 Å². The van der Waals surface area contributed by atoms with E-state index in [0.717, 1.165) is 31.4 Å². The number of hydrogen-bond donors (Lipinski definition) is 1. The number of rotatable bonds is 6. The molecule has 0 atom stereocenters. The zero-order valence-corrected chi connectivity index (χ0v) is 17.3. The molecule has 2 amide bonds. The molecule has 5 nitrogen and oxygen atoms in total. The second-order valence-corrected chi connectivity index (χ2v) is 8.43. The van der Waals surface area contributed by atoms with Crippen LogP contribution in [0, 0.1) is 19.8 Å². The maximum absolute atomic E-state index is 12.4. The molecule has 2 aliphatic rings. The Bertz CT molecular complexity index is 674. The van der Waals surface area contributed by atoms with Gasteiger partial charge in [0.1, 0.15) is 11.9 Å². The van der Waals surface area contributed by atoms with E-state index in [1.54, 1.807) is 0 Å². The summed E-state index contributed by atoms with van der Waals surface area (Å²) in [5.41, 5.74) is 2.49. The predicted molar refractivity (Wildman–Crippen MR) is 110 cm³/mol. The molecule has 1 saturated heterocycles. The Kier molecular flexibility index (Phi) is 7.35. The van der Waals surface area contributed by atoms with Gasteiger partial charge in [-0.05, 0) is 55.9 Å². The van der Waals surface area contributed by atoms with Crippen LogP contribution in [0.2, 0.25) is 0 Å². The van der Waals surface area contributed by atoms with Crippen LogP contribution in [0.5, 0.6) is 5.75 Å². The Hall–Kier alpha value is -2.04. The van der Waals surface area contributed by atoms with Crippen LogP contribution in [0.25, 0.3) is 0 Å². The van der Waals surface area contributed by atoms with Crippen molar-refractivity contribution in [1.29, 1.82) is 0 Å². The second kappa shape index (κ2) is 9.94. The molecule has 154 valence electrons. The van der Waals surface area contributed by atoms with Crippen molar-refractivity contribution in [2.45, 2.75) is 71.3 Å². The third-order valence-electron chi connectivity index (χ3n) is 6.21. The molecule has 0 radical (unpaired) electrons. The van der Waals surface area contributed by atoms with Crippen LogP contribution in [-0.4, -0.2) is 42.5 Å². The minimum absolute atomic E-state index is 0.0154. The van der Waals surface area contributed by atoms with Crippen molar-refractivity contribution < 1.29 is 14.3 Å². The Labute approximate surface area is 168 Å². The lowest BCUT2D eigenvalue weighted by atomic mass is 9.87. The van der Waals surface area contributed by atoms with E-state index < -0.39 is 0 Å². The third-order valence-corrected chi connectivity index (χ3v) is 6.21. The largest absolute Gasteiger partial charge is 0.490 e. The van der Waals surface area contributed by atoms with Gasteiger partial charge in [-0.25, -0.2) is 0 Å². The van der Waals surface area contributed by atoms with Gasteiger partial charge in [0.15, 0.2) is 0 Å². The van der Waals surface area contributed by atoms with Crippen LogP contribution in [0.1, 0.15) is 62.5 Å². The number of piperidine rings is 1. The number of carbonyl (C=O) groups is 2. The van der Waals surface area contributed by atoms with Crippen molar-refractivity contribution in [3.63, 3.8) is 0 Å². The highest BCUT2D eigenvalue weighted by Crippen LogP contribution is 2.26. The summed E-state index contributed by atoms with van der Waals surface area (Å²) in [7, 11) is 0. The lowest BCUT2D eigenvalue weighted by Crippen LogP contribution is -2.46. The van der Waals surface area contributed by atoms with Crippen LogP contribution < -0.4 is 10.1 Å². The smallest absolute Gasteiger partial charge is 0.241 e. The molecule has 1 N–H and O–H groups in total. The van der Waals surface area contributed by atoms with Gasteiger partial charge in [0.2, 0.25) is 11.8 Å². The number of likely N-dealkylation sites (tertiary alicyclic amines) is 1. The molecule has 3 rings (SSSR count). The molecule has 5 heteroatoms. The Morgan fingerprint density at radius 3 is 2.43 bits per heavy atom. The molecule has 0 bridgehead atoms. The van der Waals surface area contributed by atoms with Gasteiger partial charge in [-0.15, -0.1) is 0 Å². The lowest BCUT2D eigenvalue weighted by Gasteiger charge is -2.32. The number of ether oxygens (including phenoxy) is 1. The normalized spacial score (nSPS) is 18.7. The summed E-state index contributed by atoms with van der Waals surface area (Å²) in [6.07, 6.45) is 8.42. The van der Waals surface area contributed by atoms with E-state index in [9.17, 15) is 9.59 Å². The van der Waals surface area contributed by atoms with Gasteiger partial charge in [-0.2, -0.15) is 0 Å². The van der Waals surface area contributed by atoms with E-state index in [2.05, 4.69) is 31.3 Å². The fourth-order valence-corrected chi connectivity index (χ4v) is 4.21. The fourth-order valence-electron chi connectivity index (χ4n) is 4.21. The predicted octanol–water partition coefficient (Wildman–Crippen LogP) is 3.76. The molecule has 0 aromatic heterocycles. The molecule has 0 unspecified atom stereocenters. The molecule has 1 heterocycles. The Morgan fingerprint density at radius 1 is 1.04 bits per heavy atom. The summed E-state index contributed by atoms with van der Waals surface area (Å²) in [6, 6.07) is 6.18. The summed E-state index contributed by atoms with van der Waals surface area (Å²) in [4.78, 5) is 26.4. The standard InChI is InChI=1S/C23H34N2O3/c1-17-8-9-21(14-18(17)2)28-20-10-12-25(13-11-20)23(27)16-24-22(26)15-19-6-4-3-5-7-19/h8-9,14,19-20H,3-7,10-13,15-16H2,1-2H3,(H,24,26). The molecule has 1 aliphatic heterocycles. The van der Waals surface area contributed by atoms with Gasteiger partial charge in [0.05, 0.1) is 6.54 Å². The number of hydrogen-bond acceptors (Lipinski definition) is 3. The number of aryl methyl sites for hydroxylation is 2. The van der Waals surface area contributed by atoms with E-state index >= 15 is 0 Å². The van der Waals surface area contributed by atoms with Crippen LogP contribution in [0.3, 0.4) is 0 Å². The molecule has 1 saturated carbocycles. The van der Waals surface area contributed by atoms with E-state index in [0.29, 0.717) is 25.4 Å². The Balaban J connectivity index is 1.36. The minimum atomic E-state index is 0.0154. The fraction of sp³-hybridized carbons (Fsp3) is 0.652. The number of amides is 2. The van der Waals surface area contributed by atoms with Crippen molar-refractivity contribution in [1.82, 2.24) is 10.2 Å². The zero-order chi connectivity index (χ0) is 19.9. The summed E-state index contributed by atoms with van der Waals surface area (Å²) in [6.45, 7) is 5.68. The first-order chi connectivity index (χ1) is 13.5. The Morgan fingerprint density at radius 2 is 1.75 bits per heavy atom. The first kappa shape index (κ1) is 20.7. The van der Waals surface area contributed by atoms with Crippen molar-refractivity contribution in [2.24, 2.45) is 5.92 Å². The van der Waals surface area contributed by atoms with Gasteiger partial charge < -0.3 is 15.0 Å². The lowest BCUT2D eigenvalue weighted by molar-refractivity contribution is -0.134. The van der Waals surface area contributed by atoms with Crippen molar-refractivity contribution in [3.8, 4) is 5.75 Å². The first-order valence-corrected chi connectivity index (χ1v) is 10.8. The monoisotopic (exact) mass is 386 g/mol. The number of nitrogens with zero attached hydrogens (tertiary/aromatic N) is 1. The molecule has 0 spiro atoms. The van der Waals surface area contributed by atoms with Crippen LogP contribution in [0.15, 0.2) is 18.2 Å². The minimum Gasteiger partial charge on any atom is -0.490 e. The van der Waals surface area contributed by atoms with Crippen molar-refractivity contribution in [2.75, 3.05) is 19.6 Å². The van der Waals surface area contributed by atoms with Crippen LogP contribution in [0.4, 0.5) is 0 Å². The first-order valence-electron chi connectivity index (χ1n) is 10.8. The van der Waals surface area contributed by atoms with Gasteiger partial charge in [-0.1, -0.05) is 25.3 Å². The quantitative estimate of drug-likeness (QED) is 0.810. The average Bonchev–Trinajstić information content (AvgIpc) is 2.70. The van der Waals surface area contributed by atoms with Crippen molar-refractivity contribution in [3.05, 3.63) is 29.3 Å². The summed E-state index contributed by atoms with van der Waals surface area (Å²) >= 11 is 0. The van der Waals surface area contributed by atoms with Crippen LogP contribution in [-0.2, 0) is 9.59 Å². The van der Waals surface area contributed by atoms with Gasteiger partial charge in [-0.3, -0.25) is 9.59 Å². The topological polar surface area (TPSA) is 58.6 Å². The van der Waals surface area contributed by atoms with Crippen LogP contribution >= 0.6 is 0 Å². The van der Waals surface area contributed by atoms with E-state index in [1.807, 2.05) is 11.0 Å². The highest BCUT2D eigenvalue weighted by atomic mass is 16.5. The maximum atomic E-state index is 12.4. The van der Waals surface area contributed by atoms with E-state index in [1.165, 1.54) is 30.4 Å². The highest BCUT2D eigenvalue weighted by molar-refractivity contribution is 5.84. The van der Waals surface area contributed by atoms with E-state index in [4.69, 9.17) is 4.74 Å². The zero-order valence-electron chi connectivity index (χ0n) is 17.3. The SMILES string of the molecule is Cc1ccc(OC2CCN(C(=O)CNC(=O)CC3CCCCC3)CC2)cc1C. The molecule has 1 aromatic carbocycles. The number of carbonyl (C=O) groups excluding carboxylic acids is 2. The van der Waals surface area contributed by atoms with Gasteiger partial charge >= 0.3 is 0 Å². The molecule has 28 heavy (non-hydrogen) atoms. The highest BCUT2D eigenvalue weighted by Gasteiger charge is 2.24. The molecule has 1 aliphatic carbocycles. The maximum Gasteiger partial charge on any atom is 0.241 e. The summed E-state index contributed by atoms with van der Waals surface area (Å²) < 4.78 is 6.09. The third kappa shape index (κ3) is 5.98. The molecular weight excluding hydrogens is 352 g/mol. The molecular formula is C23H34N2O3. The van der Waals surface area contributed by atoms with Crippen molar-refractivity contribution >= 4 is 11.8 Å². The second-order valence-electron chi connectivity index (χ2n) is 8.43.